The summed E-state index contributed by atoms with van der Waals surface area (Å²) in [7, 11) is 0. The van der Waals surface area contributed by atoms with Gasteiger partial charge >= 0.3 is 0 Å². The smallest absolute Gasteiger partial charge is 0.0195 e. The van der Waals surface area contributed by atoms with Crippen molar-refractivity contribution in [2.75, 3.05) is 0 Å². The zero-order valence-electron chi connectivity index (χ0n) is 16.1. The SMILES string of the molecule is C=C(C)CC(C)/C(C)=C(\C)CC(C)/C(C)=C(\C)CC(C)C. The first-order valence-electron chi connectivity index (χ1n) is 8.53. The molecule has 0 aliphatic carbocycles. The van der Waals surface area contributed by atoms with Crippen molar-refractivity contribution in [1.82, 2.24) is 0 Å². The Morgan fingerprint density at radius 1 is 0.667 bits per heavy atom. The first-order chi connectivity index (χ1) is 9.56. The van der Waals surface area contributed by atoms with Gasteiger partial charge in [0.25, 0.3) is 0 Å². The Morgan fingerprint density at radius 3 is 1.43 bits per heavy atom. The molecule has 0 radical (unpaired) electrons. The maximum absolute atomic E-state index is 4.05. The van der Waals surface area contributed by atoms with E-state index in [0.29, 0.717) is 11.8 Å². The van der Waals surface area contributed by atoms with Gasteiger partial charge in [-0.25, -0.2) is 0 Å². The summed E-state index contributed by atoms with van der Waals surface area (Å²) in [5.41, 5.74) is 7.57. The molecule has 0 N–H and O–H groups in total. The second kappa shape index (κ2) is 9.28. The van der Waals surface area contributed by atoms with Gasteiger partial charge in [-0.05, 0) is 71.6 Å². The number of hydrogen-bond acceptors (Lipinski definition) is 0. The molecule has 0 saturated heterocycles. The average Bonchev–Trinajstić information content (AvgIpc) is 2.34. The van der Waals surface area contributed by atoms with Crippen LogP contribution in [0, 0.1) is 17.8 Å². The van der Waals surface area contributed by atoms with Crippen molar-refractivity contribution in [3.8, 4) is 0 Å². The van der Waals surface area contributed by atoms with Gasteiger partial charge in [0, 0.05) is 0 Å². The lowest BCUT2D eigenvalue weighted by Crippen LogP contribution is -2.05. The molecule has 0 bridgehead atoms. The Morgan fingerprint density at radius 2 is 1.05 bits per heavy atom. The fourth-order valence-corrected chi connectivity index (χ4v) is 3.06. The number of rotatable bonds is 8. The molecule has 2 atom stereocenters. The largest absolute Gasteiger partial charge is 0.100 e. The van der Waals surface area contributed by atoms with Gasteiger partial charge in [-0.1, -0.05) is 55.6 Å². The van der Waals surface area contributed by atoms with Crippen molar-refractivity contribution in [3.05, 3.63) is 34.4 Å². The number of hydrogen-bond donors (Lipinski definition) is 0. The highest BCUT2D eigenvalue weighted by molar-refractivity contribution is 5.19. The molecule has 0 rings (SSSR count). The zero-order chi connectivity index (χ0) is 16.7. The van der Waals surface area contributed by atoms with Gasteiger partial charge in [-0.3, -0.25) is 0 Å². The zero-order valence-corrected chi connectivity index (χ0v) is 16.1. The van der Waals surface area contributed by atoms with Crippen LogP contribution in [-0.2, 0) is 0 Å². The molecule has 0 amide bonds. The van der Waals surface area contributed by atoms with Crippen LogP contribution in [0.4, 0.5) is 0 Å². The van der Waals surface area contributed by atoms with Crippen LogP contribution >= 0.6 is 0 Å². The minimum Gasteiger partial charge on any atom is -0.100 e. The molecule has 0 heteroatoms. The predicted octanol–water partition coefficient (Wildman–Crippen LogP) is 7.33. The van der Waals surface area contributed by atoms with Crippen LogP contribution in [0.3, 0.4) is 0 Å². The summed E-state index contributed by atoms with van der Waals surface area (Å²) in [4.78, 5) is 0. The van der Waals surface area contributed by atoms with E-state index in [2.05, 4.69) is 68.9 Å². The predicted molar refractivity (Wildman–Crippen MR) is 98.6 cm³/mol. The third kappa shape index (κ3) is 7.69. The van der Waals surface area contributed by atoms with Gasteiger partial charge in [0.1, 0.15) is 0 Å². The lowest BCUT2D eigenvalue weighted by atomic mass is 9.85. The molecule has 0 aliphatic heterocycles. The van der Waals surface area contributed by atoms with Gasteiger partial charge in [0.15, 0.2) is 0 Å². The van der Waals surface area contributed by atoms with Crippen LogP contribution in [0.25, 0.3) is 0 Å². The minimum atomic E-state index is 0.621. The monoisotopic (exact) mass is 290 g/mol. The molecule has 0 fully saturated rings. The summed E-state index contributed by atoms with van der Waals surface area (Å²) in [5, 5.41) is 0. The molecule has 21 heavy (non-hydrogen) atoms. The molecule has 0 aromatic heterocycles. The van der Waals surface area contributed by atoms with Crippen molar-refractivity contribution >= 4 is 0 Å². The second-order valence-electron chi connectivity index (χ2n) is 7.69. The Kier molecular flexibility index (Phi) is 8.94. The highest BCUT2D eigenvalue weighted by Gasteiger charge is 2.13. The summed E-state index contributed by atoms with van der Waals surface area (Å²) >= 11 is 0. The van der Waals surface area contributed by atoms with E-state index >= 15 is 0 Å². The molecule has 0 aromatic rings. The van der Waals surface area contributed by atoms with E-state index in [1.54, 1.807) is 22.3 Å². The Bertz CT molecular complexity index is 404. The van der Waals surface area contributed by atoms with Gasteiger partial charge in [0.05, 0.1) is 0 Å². The van der Waals surface area contributed by atoms with Crippen molar-refractivity contribution in [2.24, 2.45) is 17.8 Å². The second-order valence-corrected chi connectivity index (χ2v) is 7.69. The first-order valence-corrected chi connectivity index (χ1v) is 8.53. The fourth-order valence-electron chi connectivity index (χ4n) is 3.06. The van der Waals surface area contributed by atoms with Crippen LogP contribution in [0.2, 0.25) is 0 Å². The van der Waals surface area contributed by atoms with E-state index in [4.69, 9.17) is 0 Å². The summed E-state index contributed by atoms with van der Waals surface area (Å²) in [5.74, 6) is 2.02. The highest BCUT2D eigenvalue weighted by atomic mass is 14.2. The third-order valence-corrected chi connectivity index (χ3v) is 4.81. The lowest BCUT2D eigenvalue weighted by molar-refractivity contribution is 0.599. The van der Waals surface area contributed by atoms with E-state index in [0.717, 1.165) is 12.3 Å². The van der Waals surface area contributed by atoms with Crippen LogP contribution in [0.1, 0.15) is 81.6 Å². The maximum Gasteiger partial charge on any atom is -0.0195 e. The third-order valence-electron chi connectivity index (χ3n) is 4.81. The van der Waals surface area contributed by atoms with Crippen molar-refractivity contribution in [3.63, 3.8) is 0 Å². The minimum absolute atomic E-state index is 0.621. The van der Waals surface area contributed by atoms with Crippen LogP contribution in [-0.4, -0.2) is 0 Å². The molecule has 0 aromatic carbocycles. The van der Waals surface area contributed by atoms with Crippen molar-refractivity contribution in [1.29, 1.82) is 0 Å². The topological polar surface area (TPSA) is 0 Å². The Hall–Kier alpha value is -0.780. The van der Waals surface area contributed by atoms with Crippen molar-refractivity contribution in [2.45, 2.75) is 81.6 Å². The Labute approximate surface area is 134 Å². The van der Waals surface area contributed by atoms with E-state index in [1.165, 1.54) is 18.4 Å². The molecule has 2 unspecified atom stereocenters. The van der Waals surface area contributed by atoms with Gasteiger partial charge in [-0.15, -0.1) is 6.58 Å². The molecule has 0 aliphatic rings. The number of allylic oxidation sites excluding steroid dienone is 5. The van der Waals surface area contributed by atoms with E-state index in [-0.39, 0.29) is 0 Å². The maximum atomic E-state index is 4.05. The molecular weight excluding hydrogens is 252 g/mol. The molecule has 0 saturated carbocycles. The van der Waals surface area contributed by atoms with Crippen molar-refractivity contribution < 1.29 is 0 Å². The first kappa shape index (κ1) is 20.2. The summed E-state index contributed by atoms with van der Waals surface area (Å²) < 4.78 is 0. The quantitative estimate of drug-likeness (QED) is 0.410. The summed E-state index contributed by atoms with van der Waals surface area (Å²) in [6.07, 6.45) is 3.52. The molecule has 0 spiro atoms. The van der Waals surface area contributed by atoms with E-state index in [1.807, 2.05) is 0 Å². The molecular formula is C21H38. The van der Waals surface area contributed by atoms with E-state index < -0.39 is 0 Å². The standard InChI is InChI=1S/C21H38/c1-14(2)11-16(5)20(9)18(7)13-19(8)21(10)17(6)12-15(3)4/h15-16,19H,1,11-13H2,2-10H3/b20-18+,21-17+. The highest BCUT2D eigenvalue weighted by Crippen LogP contribution is 2.29. The van der Waals surface area contributed by atoms with Crippen LogP contribution in [0.5, 0.6) is 0 Å². The summed E-state index contributed by atoms with van der Waals surface area (Å²) in [6.45, 7) is 24.7. The van der Waals surface area contributed by atoms with Gasteiger partial charge in [-0.2, -0.15) is 0 Å². The lowest BCUT2D eigenvalue weighted by Gasteiger charge is -2.21. The summed E-state index contributed by atoms with van der Waals surface area (Å²) in [6, 6.07) is 0. The van der Waals surface area contributed by atoms with Crippen LogP contribution in [0.15, 0.2) is 34.4 Å². The molecule has 0 nitrogen and oxygen atoms in total. The molecule has 122 valence electrons. The van der Waals surface area contributed by atoms with Crippen LogP contribution < -0.4 is 0 Å². The van der Waals surface area contributed by atoms with E-state index in [9.17, 15) is 0 Å². The Balaban J connectivity index is 4.90. The molecule has 0 heterocycles. The van der Waals surface area contributed by atoms with Gasteiger partial charge < -0.3 is 0 Å². The van der Waals surface area contributed by atoms with Gasteiger partial charge in [0.2, 0.25) is 0 Å². The fraction of sp³-hybridized carbons (Fsp3) is 0.714. The average molecular weight is 291 g/mol. The normalized spacial score (nSPS) is 17.2.